The largest absolute Gasteiger partial charge is 0.369 e. The predicted molar refractivity (Wildman–Crippen MR) is 132 cm³/mol. The molecule has 0 unspecified atom stereocenters. The van der Waals surface area contributed by atoms with Crippen LogP contribution in [0.3, 0.4) is 0 Å². The minimum absolute atomic E-state index is 0.148. The first kappa shape index (κ1) is 20.2. The van der Waals surface area contributed by atoms with Crippen molar-refractivity contribution in [2.45, 2.75) is 13.0 Å². The molecule has 33 heavy (non-hydrogen) atoms. The number of fused-ring (bicyclic) bond motifs is 2. The van der Waals surface area contributed by atoms with Crippen LogP contribution >= 0.6 is 0 Å². The van der Waals surface area contributed by atoms with Crippen LogP contribution in [-0.2, 0) is 13.0 Å². The number of imidazole rings is 1. The number of aromatic amines is 1. The van der Waals surface area contributed by atoms with Crippen molar-refractivity contribution in [2.75, 3.05) is 49.6 Å². The van der Waals surface area contributed by atoms with Gasteiger partial charge in [0.05, 0.1) is 11.0 Å². The summed E-state index contributed by atoms with van der Waals surface area (Å²) in [5, 5.41) is 0. The monoisotopic (exact) mass is 441 g/mol. The maximum atomic E-state index is 13.6. The van der Waals surface area contributed by atoms with Gasteiger partial charge in [0.25, 0.3) is 0 Å². The minimum Gasteiger partial charge on any atom is -0.369 e. The van der Waals surface area contributed by atoms with Crippen molar-refractivity contribution in [2.24, 2.45) is 0 Å². The Balaban J connectivity index is 1.26. The minimum atomic E-state index is -0.148. The molecule has 0 saturated carbocycles. The van der Waals surface area contributed by atoms with Crippen molar-refractivity contribution in [1.29, 1.82) is 0 Å². The molecule has 0 atom stereocenters. The average Bonchev–Trinajstić information content (AvgIpc) is 3.28. The third kappa shape index (κ3) is 3.95. The van der Waals surface area contributed by atoms with Gasteiger partial charge in [-0.1, -0.05) is 18.2 Å². The van der Waals surface area contributed by atoms with E-state index in [0.717, 1.165) is 73.7 Å². The van der Waals surface area contributed by atoms with Crippen LogP contribution in [0.2, 0.25) is 0 Å². The molecule has 1 N–H and O–H groups in total. The molecular weight excluding hydrogens is 413 g/mol. The van der Waals surface area contributed by atoms with Crippen LogP contribution in [0.15, 0.2) is 60.7 Å². The number of anilines is 2. The maximum Gasteiger partial charge on any atom is 0.138 e. The third-order valence-electron chi connectivity index (χ3n) is 7.00. The summed E-state index contributed by atoms with van der Waals surface area (Å²) in [5.41, 5.74) is 7.88. The fourth-order valence-corrected chi connectivity index (χ4v) is 4.99. The van der Waals surface area contributed by atoms with E-state index in [1.807, 2.05) is 6.07 Å². The molecule has 1 saturated heterocycles. The number of halogens is 1. The van der Waals surface area contributed by atoms with Gasteiger partial charge in [0.15, 0.2) is 0 Å². The van der Waals surface area contributed by atoms with Crippen molar-refractivity contribution in [3.8, 4) is 11.4 Å². The molecule has 0 spiro atoms. The van der Waals surface area contributed by atoms with Gasteiger partial charge < -0.3 is 19.7 Å². The maximum absolute atomic E-state index is 13.6. The van der Waals surface area contributed by atoms with Crippen LogP contribution in [-0.4, -0.2) is 54.6 Å². The molecule has 4 aromatic rings. The van der Waals surface area contributed by atoms with Gasteiger partial charge in [-0.2, -0.15) is 0 Å². The lowest BCUT2D eigenvalue weighted by Gasteiger charge is -2.34. The van der Waals surface area contributed by atoms with Crippen LogP contribution in [0.4, 0.5) is 15.8 Å². The highest BCUT2D eigenvalue weighted by Crippen LogP contribution is 2.30. The molecule has 0 amide bonds. The number of aromatic nitrogens is 2. The number of benzene rings is 3. The first-order valence-electron chi connectivity index (χ1n) is 11.7. The molecule has 0 radical (unpaired) electrons. The SMILES string of the molecule is CN1CCN(c2ccc3nc(-c4cccc(N5CCc6cc(F)ccc6C5)c4)[nH]c3c2)CC1. The van der Waals surface area contributed by atoms with Gasteiger partial charge in [-0.05, 0) is 67.1 Å². The summed E-state index contributed by atoms with van der Waals surface area (Å²) in [6, 6.07) is 20.2. The van der Waals surface area contributed by atoms with E-state index in [-0.39, 0.29) is 5.82 Å². The van der Waals surface area contributed by atoms with Crippen molar-refractivity contribution in [3.63, 3.8) is 0 Å². The molecule has 3 aromatic carbocycles. The summed E-state index contributed by atoms with van der Waals surface area (Å²) in [5.74, 6) is 0.742. The van der Waals surface area contributed by atoms with Gasteiger partial charge in [-0.25, -0.2) is 9.37 Å². The van der Waals surface area contributed by atoms with Gasteiger partial charge in [0, 0.05) is 56.2 Å². The number of hydrogen-bond acceptors (Lipinski definition) is 4. The number of likely N-dealkylation sites (N-methyl/N-ethyl adjacent to an activating group) is 1. The van der Waals surface area contributed by atoms with Crippen LogP contribution in [0.1, 0.15) is 11.1 Å². The summed E-state index contributed by atoms with van der Waals surface area (Å²) < 4.78 is 13.6. The fraction of sp³-hybridized carbons (Fsp3) is 0.296. The lowest BCUT2D eigenvalue weighted by atomic mass is 9.99. The van der Waals surface area contributed by atoms with Gasteiger partial charge in [0.1, 0.15) is 11.6 Å². The van der Waals surface area contributed by atoms with Crippen molar-refractivity contribution in [1.82, 2.24) is 14.9 Å². The summed E-state index contributed by atoms with van der Waals surface area (Å²) in [7, 11) is 2.18. The van der Waals surface area contributed by atoms with Gasteiger partial charge in [-0.3, -0.25) is 0 Å². The average molecular weight is 442 g/mol. The van der Waals surface area contributed by atoms with E-state index in [2.05, 4.69) is 69.2 Å². The van der Waals surface area contributed by atoms with Crippen LogP contribution in [0.25, 0.3) is 22.4 Å². The number of hydrogen-bond donors (Lipinski definition) is 1. The van der Waals surface area contributed by atoms with Crippen LogP contribution in [0.5, 0.6) is 0 Å². The van der Waals surface area contributed by atoms with Gasteiger partial charge in [0.2, 0.25) is 0 Å². The number of H-pyrrole nitrogens is 1. The quantitative estimate of drug-likeness (QED) is 0.501. The van der Waals surface area contributed by atoms with E-state index in [1.165, 1.54) is 16.9 Å². The molecule has 1 aromatic heterocycles. The van der Waals surface area contributed by atoms with Crippen molar-refractivity contribution >= 4 is 22.4 Å². The first-order chi connectivity index (χ1) is 16.1. The standard InChI is InChI=1S/C27H28FN5/c1-31-11-13-32(14-12-31)24-7-8-25-26(17-24)30-27(29-25)20-3-2-4-23(16-20)33-10-9-19-15-22(28)6-5-21(19)18-33/h2-8,15-17H,9-14,18H2,1H3,(H,29,30). The number of nitrogens with zero attached hydrogens (tertiary/aromatic N) is 4. The highest BCUT2D eigenvalue weighted by atomic mass is 19.1. The van der Waals surface area contributed by atoms with E-state index in [9.17, 15) is 4.39 Å². The molecule has 2 aliphatic heterocycles. The summed E-state index contributed by atoms with van der Waals surface area (Å²) in [4.78, 5) is 15.6. The Hall–Kier alpha value is -3.38. The van der Waals surface area contributed by atoms with E-state index < -0.39 is 0 Å². The summed E-state index contributed by atoms with van der Waals surface area (Å²) in [6.45, 7) is 5.97. The highest BCUT2D eigenvalue weighted by Gasteiger charge is 2.19. The molecule has 3 heterocycles. The Labute approximate surface area is 193 Å². The zero-order valence-corrected chi connectivity index (χ0v) is 18.9. The predicted octanol–water partition coefficient (Wildman–Crippen LogP) is 4.68. The Morgan fingerprint density at radius 1 is 0.818 bits per heavy atom. The fourth-order valence-electron chi connectivity index (χ4n) is 4.99. The van der Waals surface area contributed by atoms with E-state index >= 15 is 0 Å². The number of nitrogens with one attached hydrogen (secondary N) is 1. The molecular formula is C27H28FN5. The van der Waals surface area contributed by atoms with Gasteiger partial charge >= 0.3 is 0 Å². The second-order valence-corrected chi connectivity index (χ2v) is 9.21. The van der Waals surface area contributed by atoms with Gasteiger partial charge in [-0.15, -0.1) is 0 Å². The highest BCUT2D eigenvalue weighted by molar-refractivity contribution is 5.83. The number of piperazine rings is 1. The second kappa shape index (κ2) is 8.19. The number of rotatable bonds is 3. The smallest absolute Gasteiger partial charge is 0.138 e. The Morgan fingerprint density at radius 3 is 2.55 bits per heavy atom. The van der Waals surface area contributed by atoms with Crippen molar-refractivity contribution < 1.29 is 4.39 Å². The first-order valence-corrected chi connectivity index (χ1v) is 11.7. The zero-order valence-electron chi connectivity index (χ0n) is 18.9. The van der Waals surface area contributed by atoms with E-state index in [4.69, 9.17) is 4.98 Å². The normalized spacial score (nSPS) is 16.9. The molecule has 0 aliphatic carbocycles. The molecule has 6 heteroatoms. The molecule has 168 valence electrons. The zero-order chi connectivity index (χ0) is 22.4. The van der Waals surface area contributed by atoms with Crippen LogP contribution < -0.4 is 9.80 Å². The molecule has 2 aliphatic rings. The summed E-state index contributed by atoms with van der Waals surface area (Å²) in [6.07, 6.45) is 0.858. The van der Waals surface area contributed by atoms with E-state index in [0.29, 0.717) is 0 Å². The lowest BCUT2D eigenvalue weighted by Crippen LogP contribution is -2.44. The molecule has 0 bridgehead atoms. The van der Waals surface area contributed by atoms with Crippen LogP contribution in [0, 0.1) is 5.82 Å². The molecule has 5 nitrogen and oxygen atoms in total. The Kier molecular flexibility index (Phi) is 5.03. The topological polar surface area (TPSA) is 38.4 Å². The molecule has 1 fully saturated rings. The Bertz CT molecular complexity index is 1310. The Morgan fingerprint density at radius 2 is 1.67 bits per heavy atom. The molecule has 6 rings (SSSR count). The van der Waals surface area contributed by atoms with E-state index in [1.54, 1.807) is 12.1 Å². The van der Waals surface area contributed by atoms with Crippen molar-refractivity contribution in [3.05, 3.63) is 77.6 Å². The third-order valence-corrected chi connectivity index (χ3v) is 7.00. The lowest BCUT2D eigenvalue weighted by molar-refractivity contribution is 0.313. The summed E-state index contributed by atoms with van der Waals surface area (Å²) >= 11 is 0. The second-order valence-electron chi connectivity index (χ2n) is 9.21.